The Bertz CT molecular complexity index is 403. The smallest absolute Gasteiger partial charge is 0.122 e. The minimum atomic E-state index is 0.689. The van der Waals surface area contributed by atoms with Gasteiger partial charge in [0.2, 0.25) is 0 Å². The number of nitrogens with zero attached hydrogens (tertiary/aromatic N) is 1. The quantitative estimate of drug-likeness (QED) is 0.818. The lowest BCUT2D eigenvalue weighted by Crippen LogP contribution is -2.39. The van der Waals surface area contributed by atoms with E-state index in [9.17, 15) is 0 Å². The topological polar surface area (TPSA) is 12.5 Å². The molecule has 1 saturated carbocycles. The average molecular weight is 259 g/mol. The summed E-state index contributed by atoms with van der Waals surface area (Å²) in [7, 11) is 1.78. The number of ether oxygens (including phenoxy) is 1. The summed E-state index contributed by atoms with van der Waals surface area (Å²) in [6.45, 7) is 2.54. The number of para-hydroxylation sites is 1. The Labute approximate surface area is 116 Å². The number of likely N-dealkylation sites (tertiary alicyclic amines) is 1. The second kappa shape index (κ2) is 5.96. The van der Waals surface area contributed by atoms with E-state index in [0.717, 1.165) is 11.8 Å². The fourth-order valence-electron chi connectivity index (χ4n) is 3.85. The maximum atomic E-state index is 5.51. The van der Waals surface area contributed by atoms with Crippen LogP contribution in [0.4, 0.5) is 0 Å². The van der Waals surface area contributed by atoms with Crippen molar-refractivity contribution in [3.8, 4) is 5.75 Å². The van der Waals surface area contributed by atoms with E-state index in [2.05, 4.69) is 29.2 Å². The zero-order chi connectivity index (χ0) is 13.1. The fourth-order valence-corrected chi connectivity index (χ4v) is 3.85. The molecule has 1 aromatic rings. The molecule has 1 aromatic carbocycles. The van der Waals surface area contributed by atoms with Crippen molar-refractivity contribution < 1.29 is 4.74 Å². The van der Waals surface area contributed by atoms with Crippen molar-refractivity contribution in [2.24, 2.45) is 0 Å². The van der Waals surface area contributed by atoms with E-state index in [4.69, 9.17) is 4.74 Å². The molecule has 0 N–H and O–H groups in total. The summed E-state index contributed by atoms with van der Waals surface area (Å²) in [4.78, 5) is 2.74. The van der Waals surface area contributed by atoms with Crippen LogP contribution in [0.2, 0.25) is 0 Å². The second-order valence-corrected chi connectivity index (χ2v) is 5.99. The minimum Gasteiger partial charge on any atom is -0.496 e. The zero-order valence-corrected chi connectivity index (χ0v) is 12.0. The Balaban J connectivity index is 1.63. The van der Waals surface area contributed by atoms with E-state index in [-0.39, 0.29) is 0 Å². The van der Waals surface area contributed by atoms with Gasteiger partial charge >= 0.3 is 0 Å². The van der Waals surface area contributed by atoms with Gasteiger partial charge in [-0.15, -0.1) is 0 Å². The third-order valence-corrected chi connectivity index (χ3v) is 4.95. The van der Waals surface area contributed by atoms with Gasteiger partial charge in [0.15, 0.2) is 0 Å². The molecule has 19 heavy (non-hydrogen) atoms. The van der Waals surface area contributed by atoms with Gasteiger partial charge < -0.3 is 9.64 Å². The van der Waals surface area contributed by atoms with Crippen LogP contribution in [0.5, 0.6) is 5.75 Å². The van der Waals surface area contributed by atoms with Crippen molar-refractivity contribution in [1.29, 1.82) is 0 Å². The van der Waals surface area contributed by atoms with E-state index < -0.39 is 0 Å². The van der Waals surface area contributed by atoms with Crippen LogP contribution in [0.25, 0.3) is 0 Å². The molecule has 0 amide bonds. The van der Waals surface area contributed by atoms with Gasteiger partial charge in [0.1, 0.15) is 5.75 Å². The lowest BCUT2D eigenvalue weighted by molar-refractivity contribution is 0.153. The molecule has 1 heterocycles. The Kier molecular flexibility index (Phi) is 4.07. The number of piperidine rings is 1. The summed E-state index contributed by atoms with van der Waals surface area (Å²) in [6.07, 6.45) is 8.32. The monoisotopic (exact) mass is 259 g/mol. The first-order chi connectivity index (χ1) is 9.38. The normalized spacial score (nSPS) is 22.8. The summed E-state index contributed by atoms with van der Waals surface area (Å²) in [5.41, 5.74) is 1.41. The molecule has 2 fully saturated rings. The molecular formula is C17H25NO. The Hall–Kier alpha value is -1.02. The summed E-state index contributed by atoms with van der Waals surface area (Å²) in [5.74, 6) is 1.76. The highest BCUT2D eigenvalue weighted by molar-refractivity contribution is 5.36. The van der Waals surface area contributed by atoms with Crippen LogP contribution in [0.1, 0.15) is 50.0 Å². The lowest BCUT2D eigenvalue weighted by Gasteiger charge is -2.36. The summed E-state index contributed by atoms with van der Waals surface area (Å²) >= 11 is 0. The summed E-state index contributed by atoms with van der Waals surface area (Å²) in [6, 6.07) is 9.43. The predicted octanol–water partition coefficient (Wildman–Crippen LogP) is 3.82. The van der Waals surface area contributed by atoms with Crippen molar-refractivity contribution in [2.75, 3.05) is 20.2 Å². The number of hydrogen-bond acceptors (Lipinski definition) is 2. The van der Waals surface area contributed by atoms with E-state index in [0.29, 0.717) is 5.92 Å². The number of rotatable bonds is 3. The van der Waals surface area contributed by atoms with Crippen LogP contribution in [-0.4, -0.2) is 31.1 Å². The first-order valence-corrected chi connectivity index (χ1v) is 7.75. The molecule has 0 bridgehead atoms. The molecule has 2 aliphatic rings. The second-order valence-electron chi connectivity index (χ2n) is 5.99. The lowest BCUT2D eigenvalue weighted by atomic mass is 9.88. The van der Waals surface area contributed by atoms with Crippen LogP contribution in [-0.2, 0) is 0 Å². The van der Waals surface area contributed by atoms with Gasteiger partial charge in [0.25, 0.3) is 0 Å². The van der Waals surface area contributed by atoms with E-state index >= 15 is 0 Å². The molecule has 0 radical (unpaired) electrons. The van der Waals surface area contributed by atoms with Crippen molar-refractivity contribution in [1.82, 2.24) is 4.90 Å². The van der Waals surface area contributed by atoms with Gasteiger partial charge in [0.05, 0.1) is 7.11 Å². The molecule has 1 aliphatic heterocycles. The zero-order valence-electron chi connectivity index (χ0n) is 12.0. The molecule has 0 atom stereocenters. The van der Waals surface area contributed by atoms with Gasteiger partial charge in [-0.25, -0.2) is 0 Å². The molecule has 1 aliphatic carbocycles. The summed E-state index contributed by atoms with van der Waals surface area (Å²) in [5, 5.41) is 0. The number of methoxy groups -OCH3 is 1. The third kappa shape index (κ3) is 2.79. The van der Waals surface area contributed by atoms with Crippen molar-refractivity contribution in [3.63, 3.8) is 0 Å². The van der Waals surface area contributed by atoms with Crippen molar-refractivity contribution in [3.05, 3.63) is 29.8 Å². The fraction of sp³-hybridized carbons (Fsp3) is 0.647. The standard InChI is InChI=1S/C17H25NO/c1-19-17-9-5-4-8-16(17)14-10-12-18(13-11-14)15-6-2-3-7-15/h4-5,8-9,14-15H,2-3,6-7,10-13H2,1H3. The highest BCUT2D eigenvalue weighted by Crippen LogP contribution is 2.36. The van der Waals surface area contributed by atoms with Gasteiger partial charge in [-0.2, -0.15) is 0 Å². The van der Waals surface area contributed by atoms with Gasteiger partial charge in [-0.3, -0.25) is 0 Å². The molecular weight excluding hydrogens is 234 g/mol. The van der Waals surface area contributed by atoms with E-state index in [1.807, 2.05) is 0 Å². The molecule has 0 unspecified atom stereocenters. The van der Waals surface area contributed by atoms with Crippen molar-refractivity contribution >= 4 is 0 Å². The van der Waals surface area contributed by atoms with Gasteiger partial charge in [-0.1, -0.05) is 31.0 Å². The van der Waals surface area contributed by atoms with Crippen LogP contribution in [0.3, 0.4) is 0 Å². The Morgan fingerprint density at radius 3 is 2.37 bits per heavy atom. The van der Waals surface area contributed by atoms with E-state index in [1.165, 1.54) is 57.2 Å². The number of hydrogen-bond donors (Lipinski definition) is 0. The van der Waals surface area contributed by atoms with Crippen molar-refractivity contribution in [2.45, 2.75) is 50.5 Å². The molecule has 0 spiro atoms. The molecule has 3 rings (SSSR count). The average Bonchev–Trinajstić information content (AvgIpc) is 3.02. The first kappa shape index (κ1) is 13.0. The molecule has 104 valence electrons. The van der Waals surface area contributed by atoms with Gasteiger partial charge in [0, 0.05) is 6.04 Å². The Morgan fingerprint density at radius 1 is 1.00 bits per heavy atom. The first-order valence-electron chi connectivity index (χ1n) is 7.75. The number of benzene rings is 1. The highest BCUT2D eigenvalue weighted by Gasteiger charge is 2.28. The molecule has 2 heteroatoms. The SMILES string of the molecule is COc1ccccc1C1CCN(C2CCCC2)CC1. The molecule has 2 nitrogen and oxygen atoms in total. The van der Waals surface area contributed by atoms with Crippen LogP contribution < -0.4 is 4.74 Å². The van der Waals surface area contributed by atoms with Gasteiger partial charge in [-0.05, 0) is 56.3 Å². The van der Waals surface area contributed by atoms with Crippen LogP contribution >= 0.6 is 0 Å². The maximum Gasteiger partial charge on any atom is 0.122 e. The summed E-state index contributed by atoms with van der Waals surface area (Å²) < 4.78 is 5.51. The predicted molar refractivity (Wildman–Crippen MR) is 78.8 cm³/mol. The maximum absolute atomic E-state index is 5.51. The molecule has 0 aromatic heterocycles. The third-order valence-electron chi connectivity index (χ3n) is 4.95. The van der Waals surface area contributed by atoms with Crippen LogP contribution in [0, 0.1) is 0 Å². The largest absolute Gasteiger partial charge is 0.496 e. The highest BCUT2D eigenvalue weighted by atomic mass is 16.5. The molecule has 1 saturated heterocycles. The minimum absolute atomic E-state index is 0.689. The van der Waals surface area contributed by atoms with Crippen LogP contribution in [0.15, 0.2) is 24.3 Å². The Morgan fingerprint density at radius 2 is 1.68 bits per heavy atom. The van der Waals surface area contributed by atoms with E-state index in [1.54, 1.807) is 7.11 Å².